The van der Waals surface area contributed by atoms with Crippen LogP contribution >= 0.6 is 0 Å². The summed E-state index contributed by atoms with van der Waals surface area (Å²) in [6.07, 6.45) is -1.06. The average Bonchev–Trinajstić information content (AvgIpc) is 2.88. The first-order valence-electron chi connectivity index (χ1n) is 9.33. The number of Topliss-reactive ketones (excluding diaryl/α,β-unsaturated/α-hetero) is 1. The van der Waals surface area contributed by atoms with E-state index in [4.69, 9.17) is 9.47 Å². The number of nitrogens with zero attached hydrogens (tertiary/aromatic N) is 1. The standard InChI is InChI=1S/C21H29NO5/c1-7-26-19(24)17-15(21(4,5)6)18(23)16(14-11-9-8-10-12-14)22(17)20(25)27-13(2)3/h8-13,15-17H,7H2,1-6H3/t15-,16+,17+/m1/s1. The number of carbonyl (C=O) groups excluding carboxylic acids is 3. The number of esters is 1. The molecule has 1 aromatic rings. The molecule has 148 valence electrons. The normalized spacial score (nSPS) is 22.9. The number of benzene rings is 1. The van der Waals surface area contributed by atoms with Crippen LogP contribution in [0.4, 0.5) is 4.79 Å². The molecule has 0 radical (unpaired) electrons. The highest BCUT2D eigenvalue weighted by Crippen LogP contribution is 2.45. The van der Waals surface area contributed by atoms with Crippen molar-refractivity contribution >= 4 is 17.8 Å². The zero-order chi connectivity index (χ0) is 20.4. The van der Waals surface area contributed by atoms with Gasteiger partial charge in [-0.15, -0.1) is 0 Å². The highest BCUT2D eigenvalue weighted by atomic mass is 16.6. The Hall–Kier alpha value is -2.37. The minimum atomic E-state index is -1.02. The van der Waals surface area contributed by atoms with E-state index in [0.717, 1.165) is 0 Å². The Morgan fingerprint density at radius 3 is 2.22 bits per heavy atom. The maximum Gasteiger partial charge on any atom is 0.411 e. The lowest BCUT2D eigenvalue weighted by Crippen LogP contribution is -2.48. The third-order valence-corrected chi connectivity index (χ3v) is 4.59. The van der Waals surface area contributed by atoms with Crippen LogP contribution in [-0.2, 0) is 19.1 Å². The summed E-state index contributed by atoms with van der Waals surface area (Å²) >= 11 is 0. The van der Waals surface area contributed by atoms with Gasteiger partial charge >= 0.3 is 12.1 Å². The van der Waals surface area contributed by atoms with Gasteiger partial charge in [0.1, 0.15) is 12.1 Å². The second kappa shape index (κ2) is 8.11. The van der Waals surface area contributed by atoms with Crippen molar-refractivity contribution < 1.29 is 23.9 Å². The van der Waals surface area contributed by atoms with Crippen molar-refractivity contribution in [1.29, 1.82) is 0 Å². The summed E-state index contributed by atoms with van der Waals surface area (Å²) in [5.74, 6) is -1.45. The van der Waals surface area contributed by atoms with Gasteiger partial charge in [0, 0.05) is 0 Å². The van der Waals surface area contributed by atoms with Crippen molar-refractivity contribution in [2.24, 2.45) is 11.3 Å². The Morgan fingerprint density at radius 2 is 1.74 bits per heavy atom. The molecule has 6 nitrogen and oxygen atoms in total. The topological polar surface area (TPSA) is 72.9 Å². The highest BCUT2D eigenvalue weighted by molar-refractivity contribution is 6.01. The summed E-state index contributed by atoms with van der Waals surface area (Å²) in [6, 6.07) is 7.11. The van der Waals surface area contributed by atoms with Crippen LogP contribution in [-0.4, -0.2) is 41.5 Å². The zero-order valence-corrected chi connectivity index (χ0v) is 16.9. The number of ether oxygens (including phenoxy) is 2. The van der Waals surface area contributed by atoms with Crippen LogP contribution in [0.3, 0.4) is 0 Å². The smallest absolute Gasteiger partial charge is 0.411 e. The van der Waals surface area contributed by atoms with Crippen LogP contribution < -0.4 is 0 Å². The number of hydrogen-bond acceptors (Lipinski definition) is 5. The largest absolute Gasteiger partial charge is 0.464 e. The number of hydrogen-bond donors (Lipinski definition) is 0. The van der Waals surface area contributed by atoms with Gasteiger partial charge in [-0.05, 0) is 31.7 Å². The van der Waals surface area contributed by atoms with Crippen LogP contribution in [0.5, 0.6) is 0 Å². The Balaban J connectivity index is 2.61. The fourth-order valence-electron chi connectivity index (χ4n) is 3.60. The van der Waals surface area contributed by atoms with Gasteiger partial charge in [0.05, 0.1) is 18.6 Å². The predicted octanol–water partition coefficient (Wildman–Crippen LogP) is 3.75. The van der Waals surface area contributed by atoms with E-state index in [1.165, 1.54) is 4.90 Å². The molecule has 2 rings (SSSR count). The molecule has 1 fully saturated rings. The summed E-state index contributed by atoms with van der Waals surface area (Å²) in [5.41, 5.74) is 0.123. The van der Waals surface area contributed by atoms with Gasteiger partial charge < -0.3 is 9.47 Å². The average molecular weight is 375 g/mol. The van der Waals surface area contributed by atoms with Gasteiger partial charge in [-0.1, -0.05) is 51.1 Å². The van der Waals surface area contributed by atoms with Gasteiger partial charge in [0.15, 0.2) is 5.78 Å². The van der Waals surface area contributed by atoms with Crippen molar-refractivity contribution in [3.05, 3.63) is 35.9 Å². The molecule has 0 saturated carbocycles. The molecule has 1 aromatic carbocycles. The molecule has 1 aliphatic heterocycles. The Bertz CT molecular complexity index is 692. The highest BCUT2D eigenvalue weighted by Gasteiger charge is 2.58. The van der Waals surface area contributed by atoms with E-state index >= 15 is 0 Å². The molecule has 27 heavy (non-hydrogen) atoms. The fourth-order valence-corrected chi connectivity index (χ4v) is 3.60. The van der Waals surface area contributed by atoms with Crippen LogP contribution in [0.25, 0.3) is 0 Å². The van der Waals surface area contributed by atoms with Crippen LogP contribution in [0.15, 0.2) is 30.3 Å². The van der Waals surface area contributed by atoms with E-state index in [1.807, 2.05) is 26.8 Å². The monoisotopic (exact) mass is 375 g/mol. The van der Waals surface area contributed by atoms with E-state index in [9.17, 15) is 14.4 Å². The lowest BCUT2D eigenvalue weighted by molar-refractivity contribution is -0.151. The van der Waals surface area contributed by atoms with E-state index < -0.39 is 35.5 Å². The number of likely N-dealkylation sites (tertiary alicyclic amines) is 1. The molecule has 0 spiro atoms. The molecular formula is C21H29NO5. The first kappa shape index (κ1) is 20.9. The molecule has 0 aliphatic carbocycles. The quantitative estimate of drug-likeness (QED) is 0.750. The first-order valence-corrected chi connectivity index (χ1v) is 9.33. The molecule has 0 bridgehead atoms. The molecule has 6 heteroatoms. The van der Waals surface area contributed by atoms with Crippen molar-refractivity contribution in [2.45, 2.75) is 59.7 Å². The molecule has 1 amide bonds. The third-order valence-electron chi connectivity index (χ3n) is 4.59. The van der Waals surface area contributed by atoms with Gasteiger partial charge in [-0.2, -0.15) is 0 Å². The maximum atomic E-state index is 13.4. The van der Waals surface area contributed by atoms with Crippen LogP contribution in [0, 0.1) is 11.3 Å². The molecule has 1 heterocycles. The summed E-state index contributed by atoms with van der Waals surface area (Å²) in [6.45, 7) is 11.0. The predicted molar refractivity (Wildman–Crippen MR) is 101 cm³/mol. The van der Waals surface area contributed by atoms with Crippen molar-refractivity contribution in [3.8, 4) is 0 Å². The van der Waals surface area contributed by atoms with E-state index in [1.54, 1.807) is 45.0 Å². The summed E-state index contributed by atoms with van der Waals surface area (Å²) in [7, 11) is 0. The molecule has 1 saturated heterocycles. The van der Waals surface area contributed by atoms with Gasteiger partial charge in [0.2, 0.25) is 0 Å². The van der Waals surface area contributed by atoms with Gasteiger partial charge in [-0.25, -0.2) is 9.59 Å². The SMILES string of the molecule is CCOC(=O)[C@@H]1[C@@H](C(C)(C)C)C(=O)[C@H](c2ccccc2)N1C(=O)OC(C)C. The number of carbonyl (C=O) groups is 3. The van der Waals surface area contributed by atoms with Crippen LogP contribution in [0.1, 0.15) is 53.1 Å². The minimum Gasteiger partial charge on any atom is -0.464 e. The van der Waals surface area contributed by atoms with E-state index in [0.29, 0.717) is 5.56 Å². The molecule has 1 aliphatic rings. The van der Waals surface area contributed by atoms with Crippen molar-refractivity contribution in [2.75, 3.05) is 6.61 Å². The number of ketones is 1. The minimum absolute atomic E-state index is 0.170. The maximum absolute atomic E-state index is 13.4. The molecular weight excluding hydrogens is 346 g/mol. The lowest BCUT2D eigenvalue weighted by atomic mass is 9.74. The van der Waals surface area contributed by atoms with Gasteiger partial charge in [-0.3, -0.25) is 9.69 Å². The molecule has 3 atom stereocenters. The van der Waals surface area contributed by atoms with Gasteiger partial charge in [0.25, 0.3) is 0 Å². The molecule has 0 N–H and O–H groups in total. The third kappa shape index (κ3) is 4.31. The van der Waals surface area contributed by atoms with Crippen LogP contribution in [0.2, 0.25) is 0 Å². The van der Waals surface area contributed by atoms with E-state index in [2.05, 4.69) is 0 Å². The lowest BCUT2D eigenvalue weighted by Gasteiger charge is -2.32. The molecule has 0 aromatic heterocycles. The summed E-state index contributed by atoms with van der Waals surface area (Å²) in [5, 5.41) is 0. The number of rotatable bonds is 4. The second-order valence-corrected chi connectivity index (χ2v) is 8.10. The Morgan fingerprint density at radius 1 is 1.15 bits per heavy atom. The summed E-state index contributed by atoms with van der Waals surface area (Å²) < 4.78 is 10.6. The first-order chi connectivity index (χ1) is 12.6. The zero-order valence-electron chi connectivity index (χ0n) is 16.9. The number of amides is 1. The Labute approximate surface area is 160 Å². The molecule has 0 unspecified atom stereocenters. The van der Waals surface area contributed by atoms with Crippen molar-refractivity contribution in [3.63, 3.8) is 0 Å². The van der Waals surface area contributed by atoms with Crippen molar-refractivity contribution in [1.82, 2.24) is 4.90 Å². The second-order valence-electron chi connectivity index (χ2n) is 8.10. The Kier molecular flexibility index (Phi) is 6.29. The van der Waals surface area contributed by atoms with E-state index in [-0.39, 0.29) is 18.5 Å². The summed E-state index contributed by atoms with van der Waals surface area (Å²) in [4.78, 5) is 40.4. The fraction of sp³-hybridized carbons (Fsp3) is 0.571.